The molecule has 1 aliphatic heterocycles. The first-order chi connectivity index (χ1) is 14.5. The second kappa shape index (κ2) is 8.82. The van der Waals surface area contributed by atoms with Crippen molar-refractivity contribution >= 4 is 17.3 Å². The van der Waals surface area contributed by atoms with Gasteiger partial charge in [-0.25, -0.2) is 0 Å². The highest BCUT2D eigenvalue weighted by Crippen LogP contribution is 2.39. The number of benzene rings is 1. The zero-order chi connectivity index (χ0) is 21.1. The fraction of sp³-hybridized carbons (Fsp3) is 0.400. The molecular weight excluding hydrogens is 374 g/mol. The maximum Gasteiger partial charge on any atom is 0.245 e. The molecule has 1 unspecified atom stereocenters. The molecule has 2 heterocycles. The number of hydrogen-bond acceptors (Lipinski definition) is 3. The van der Waals surface area contributed by atoms with Crippen LogP contribution in [0.3, 0.4) is 0 Å². The Labute approximate surface area is 177 Å². The van der Waals surface area contributed by atoms with Gasteiger partial charge in [0.1, 0.15) is 5.78 Å². The lowest BCUT2D eigenvalue weighted by molar-refractivity contribution is -0.125. The van der Waals surface area contributed by atoms with E-state index in [0.29, 0.717) is 18.9 Å². The third kappa shape index (κ3) is 4.61. The predicted octanol–water partition coefficient (Wildman–Crippen LogP) is 4.39. The minimum atomic E-state index is -0.157. The molecule has 1 atom stereocenters. The summed E-state index contributed by atoms with van der Waals surface area (Å²) in [7, 11) is 0. The average Bonchev–Trinajstić information content (AvgIpc) is 3.56. The van der Waals surface area contributed by atoms with E-state index in [9.17, 15) is 9.59 Å². The number of ketones is 1. The van der Waals surface area contributed by atoms with Gasteiger partial charge in [-0.15, -0.1) is 0 Å². The van der Waals surface area contributed by atoms with E-state index in [1.807, 2.05) is 17.9 Å². The number of H-pyrrole nitrogens is 1. The van der Waals surface area contributed by atoms with E-state index in [0.717, 1.165) is 41.9 Å². The lowest BCUT2D eigenvalue weighted by Gasteiger charge is -2.18. The third-order valence-corrected chi connectivity index (χ3v) is 6.20. The summed E-state index contributed by atoms with van der Waals surface area (Å²) >= 11 is 0. The molecule has 5 heteroatoms. The van der Waals surface area contributed by atoms with Gasteiger partial charge >= 0.3 is 0 Å². The Balaban J connectivity index is 1.37. The van der Waals surface area contributed by atoms with Gasteiger partial charge in [-0.1, -0.05) is 43.8 Å². The van der Waals surface area contributed by atoms with Crippen molar-refractivity contribution in [3.63, 3.8) is 0 Å². The predicted molar refractivity (Wildman–Crippen MR) is 118 cm³/mol. The zero-order valence-corrected chi connectivity index (χ0v) is 17.6. The van der Waals surface area contributed by atoms with Crippen LogP contribution in [-0.4, -0.2) is 39.9 Å². The van der Waals surface area contributed by atoms with Crippen LogP contribution in [0, 0.1) is 0 Å². The second-order valence-corrected chi connectivity index (χ2v) is 8.38. The lowest BCUT2D eigenvalue weighted by Crippen LogP contribution is -2.30. The molecule has 1 saturated carbocycles. The standard InChI is InChI=1S/C25H29N3O2/c1-3-25(30)28-13-4-5-19(12-14-28)20-8-6-18(7-9-20)17(2)24(29)16-22-15-23(27-26-22)21-10-11-21/h3,5-9,15,17,21H,1,4,10-14,16H2,2H3,(H,26,27). The van der Waals surface area contributed by atoms with Gasteiger partial charge in [-0.2, -0.15) is 5.10 Å². The van der Waals surface area contributed by atoms with Crippen LogP contribution in [0.1, 0.15) is 67.0 Å². The molecule has 4 rings (SSSR count). The largest absolute Gasteiger partial charge is 0.339 e. The van der Waals surface area contributed by atoms with E-state index in [1.165, 1.54) is 24.5 Å². The average molecular weight is 404 g/mol. The molecule has 1 N–H and O–H groups in total. The summed E-state index contributed by atoms with van der Waals surface area (Å²) in [6.45, 7) is 6.99. The number of nitrogens with one attached hydrogen (secondary N) is 1. The first kappa shape index (κ1) is 20.3. The van der Waals surface area contributed by atoms with E-state index in [-0.39, 0.29) is 17.6 Å². The van der Waals surface area contributed by atoms with Gasteiger partial charge < -0.3 is 4.90 Å². The summed E-state index contributed by atoms with van der Waals surface area (Å²) in [5.41, 5.74) is 5.45. The number of carbonyl (C=O) groups excluding carboxylic acids is 2. The molecule has 156 valence electrons. The van der Waals surface area contributed by atoms with Crippen LogP contribution >= 0.6 is 0 Å². The van der Waals surface area contributed by atoms with Crippen molar-refractivity contribution in [2.24, 2.45) is 0 Å². The number of aromatic amines is 1. The van der Waals surface area contributed by atoms with Crippen molar-refractivity contribution in [3.8, 4) is 0 Å². The monoisotopic (exact) mass is 403 g/mol. The van der Waals surface area contributed by atoms with Crippen LogP contribution in [0.2, 0.25) is 0 Å². The Hall–Kier alpha value is -2.95. The van der Waals surface area contributed by atoms with Gasteiger partial charge in [-0.3, -0.25) is 14.7 Å². The molecule has 1 amide bonds. The summed E-state index contributed by atoms with van der Waals surface area (Å²) in [5.74, 6) is 0.626. The quantitative estimate of drug-likeness (QED) is 0.697. The number of carbonyl (C=O) groups is 2. The Morgan fingerprint density at radius 3 is 2.73 bits per heavy atom. The van der Waals surface area contributed by atoms with Gasteiger partial charge in [-0.05, 0) is 54.5 Å². The van der Waals surface area contributed by atoms with Gasteiger partial charge in [0, 0.05) is 37.0 Å². The van der Waals surface area contributed by atoms with Crippen LogP contribution < -0.4 is 0 Å². The number of amides is 1. The highest BCUT2D eigenvalue weighted by Gasteiger charge is 2.26. The van der Waals surface area contributed by atoms with Gasteiger partial charge in [0.15, 0.2) is 0 Å². The Morgan fingerprint density at radius 2 is 2.03 bits per heavy atom. The fourth-order valence-corrected chi connectivity index (χ4v) is 4.05. The Kier molecular flexibility index (Phi) is 5.98. The summed E-state index contributed by atoms with van der Waals surface area (Å²) in [4.78, 5) is 26.5. The summed E-state index contributed by atoms with van der Waals surface area (Å²) < 4.78 is 0. The molecule has 5 nitrogen and oxygen atoms in total. The molecule has 30 heavy (non-hydrogen) atoms. The highest BCUT2D eigenvalue weighted by atomic mass is 16.2. The van der Waals surface area contributed by atoms with E-state index in [1.54, 1.807) is 0 Å². The number of nitrogens with zero attached hydrogens (tertiary/aromatic N) is 2. The van der Waals surface area contributed by atoms with Crippen molar-refractivity contribution in [3.05, 3.63) is 71.6 Å². The summed E-state index contributed by atoms with van der Waals surface area (Å²) in [6.07, 6.45) is 8.08. The summed E-state index contributed by atoms with van der Waals surface area (Å²) in [6, 6.07) is 10.3. The van der Waals surface area contributed by atoms with Crippen LogP contribution in [0.5, 0.6) is 0 Å². The van der Waals surface area contributed by atoms with Crippen LogP contribution in [0.25, 0.3) is 5.57 Å². The molecule has 2 aromatic rings. The van der Waals surface area contributed by atoms with Crippen molar-refractivity contribution in [2.75, 3.05) is 13.1 Å². The molecule has 1 fully saturated rings. The Morgan fingerprint density at radius 1 is 1.27 bits per heavy atom. The van der Waals surface area contributed by atoms with Crippen LogP contribution in [0.15, 0.2) is 49.1 Å². The van der Waals surface area contributed by atoms with Crippen molar-refractivity contribution in [1.29, 1.82) is 0 Å². The zero-order valence-electron chi connectivity index (χ0n) is 17.6. The van der Waals surface area contributed by atoms with Crippen molar-refractivity contribution in [2.45, 2.75) is 50.9 Å². The van der Waals surface area contributed by atoms with Crippen molar-refractivity contribution < 1.29 is 9.59 Å². The molecular formula is C25H29N3O2. The lowest BCUT2D eigenvalue weighted by atomic mass is 9.92. The molecule has 2 aliphatic rings. The molecule has 0 radical (unpaired) electrons. The first-order valence-corrected chi connectivity index (χ1v) is 10.8. The van der Waals surface area contributed by atoms with Crippen molar-refractivity contribution in [1.82, 2.24) is 15.1 Å². The molecule has 0 spiro atoms. The van der Waals surface area contributed by atoms with Gasteiger partial charge in [0.05, 0.1) is 5.69 Å². The topological polar surface area (TPSA) is 66.1 Å². The normalized spacial score (nSPS) is 17.8. The maximum atomic E-state index is 12.8. The molecule has 0 saturated heterocycles. The third-order valence-electron chi connectivity index (χ3n) is 6.20. The fourth-order valence-electron chi connectivity index (χ4n) is 4.05. The summed E-state index contributed by atoms with van der Waals surface area (Å²) in [5, 5.41) is 7.37. The van der Waals surface area contributed by atoms with E-state index in [2.05, 4.69) is 47.1 Å². The van der Waals surface area contributed by atoms with Crippen LogP contribution in [-0.2, 0) is 16.0 Å². The van der Waals surface area contributed by atoms with E-state index >= 15 is 0 Å². The van der Waals surface area contributed by atoms with Gasteiger partial charge in [0.25, 0.3) is 0 Å². The van der Waals surface area contributed by atoms with Gasteiger partial charge in [0.2, 0.25) is 5.91 Å². The highest BCUT2D eigenvalue weighted by molar-refractivity contribution is 5.88. The minimum Gasteiger partial charge on any atom is -0.339 e. The minimum absolute atomic E-state index is 0.00569. The number of rotatable bonds is 7. The van der Waals surface area contributed by atoms with E-state index in [4.69, 9.17) is 0 Å². The SMILES string of the molecule is C=CC(=O)N1CCC=C(c2ccc(C(C)C(=O)Cc3cc(C4CC4)n[nH]3)cc2)CC1. The molecule has 1 aliphatic carbocycles. The smallest absolute Gasteiger partial charge is 0.245 e. The number of Topliss-reactive ketones (excluding diaryl/α,β-unsaturated/α-hetero) is 1. The van der Waals surface area contributed by atoms with E-state index < -0.39 is 0 Å². The molecule has 1 aromatic carbocycles. The maximum absolute atomic E-state index is 12.8. The number of hydrogen-bond donors (Lipinski definition) is 1. The second-order valence-electron chi connectivity index (χ2n) is 8.38. The number of aromatic nitrogens is 2. The molecule has 1 aromatic heterocycles. The first-order valence-electron chi connectivity index (χ1n) is 10.8. The molecule has 0 bridgehead atoms. The Bertz CT molecular complexity index is 967. The van der Waals surface area contributed by atoms with Crippen LogP contribution in [0.4, 0.5) is 0 Å².